The van der Waals surface area contributed by atoms with Crippen LogP contribution in [0.1, 0.15) is 34.1 Å². The molecule has 6 nitrogen and oxygen atoms in total. The maximum Gasteiger partial charge on any atom is 0.348 e. The Hall–Kier alpha value is -1.90. The molecule has 0 radical (unpaired) electrons. The predicted molar refractivity (Wildman–Crippen MR) is 113 cm³/mol. The highest BCUT2D eigenvalue weighted by molar-refractivity contribution is 7.20. The molecule has 150 valence electrons. The molecule has 0 saturated carbocycles. The summed E-state index contributed by atoms with van der Waals surface area (Å²) in [5, 5.41) is 5.49. The molecule has 0 aliphatic rings. The van der Waals surface area contributed by atoms with Gasteiger partial charge in [0.05, 0.1) is 16.6 Å². The van der Waals surface area contributed by atoms with Gasteiger partial charge in [-0.05, 0) is 31.0 Å². The Labute approximate surface area is 176 Å². The third-order valence-electron chi connectivity index (χ3n) is 4.12. The number of fused-ring (bicyclic) bond motifs is 1. The topological polar surface area (TPSA) is 64.4 Å². The van der Waals surface area contributed by atoms with Crippen LogP contribution in [0.4, 0.5) is 0 Å². The van der Waals surface area contributed by atoms with Crippen LogP contribution in [0.2, 0.25) is 4.34 Å². The number of aryl methyl sites for hydroxylation is 1. The first-order chi connectivity index (χ1) is 13.2. The highest BCUT2D eigenvalue weighted by Crippen LogP contribution is 2.29. The van der Waals surface area contributed by atoms with Gasteiger partial charge in [-0.25, -0.2) is 4.79 Å². The van der Waals surface area contributed by atoms with Crippen molar-refractivity contribution in [2.24, 2.45) is 5.92 Å². The molecule has 0 unspecified atom stereocenters. The SMILES string of the molecule is Cc1nn(CC(C)C)c2sc(C(=O)OCC(=O)N(C)Cc3ccc(Cl)s3)cc12. The normalized spacial score (nSPS) is 11.4. The second kappa shape index (κ2) is 8.63. The number of hydrogen-bond donors (Lipinski definition) is 0. The van der Waals surface area contributed by atoms with E-state index in [2.05, 4.69) is 18.9 Å². The lowest BCUT2D eigenvalue weighted by Crippen LogP contribution is -2.30. The number of carbonyl (C=O) groups excluding carboxylic acids is 2. The van der Waals surface area contributed by atoms with E-state index in [1.54, 1.807) is 19.2 Å². The molecule has 3 aromatic rings. The molecule has 0 spiro atoms. The van der Waals surface area contributed by atoms with Gasteiger partial charge in [-0.15, -0.1) is 22.7 Å². The van der Waals surface area contributed by atoms with Crippen molar-refractivity contribution in [2.45, 2.75) is 33.9 Å². The van der Waals surface area contributed by atoms with E-state index >= 15 is 0 Å². The number of esters is 1. The second-order valence-electron chi connectivity index (χ2n) is 7.02. The van der Waals surface area contributed by atoms with Crippen LogP contribution >= 0.6 is 34.3 Å². The maximum absolute atomic E-state index is 12.4. The van der Waals surface area contributed by atoms with Gasteiger partial charge in [-0.3, -0.25) is 9.48 Å². The zero-order valence-electron chi connectivity index (χ0n) is 16.2. The third kappa shape index (κ3) is 4.74. The highest BCUT2D eigenvalue weighted by atomic mass is 35.5. The van der Waals surface area contributed by atoms with Crippen LogP contribution in [-0.4, -0.2) is 40.2 Å². The van der Waals surface area contributed by atoms with Crippen molar-refractivity contribution in [3.63, 3.8) is 0 Å². The molecule has 0 saturated heterocycles. The van der Waals surface area contributed by atoms with E-state index in [-0.39, 0.29) is 12.5 Å². The van der Waals surface area contributed by atoms with Gasteiger partial charge in [0.15, 0.2) is 6.61 Å². The number of hydrogen-bond acceptors (Lipinski definition) is 6. The Kier molecular flexibility index (Phi) is 6.42. The average molecular weight is 440 g/mol. The summed E-state index contributed by atoms with van der Waals surface area (Å²) in [5.74, 6) is -0.301. The molecule has 0 aliphatic heterocycles. The van der Waals surface area contributed by atoms with Crippen molar-refractivity contribution in [3.8, 4) is 0 Å². The summed E-state index contributed by atoms with van der Waals surface area (Å²) in [6.45, 7) is 7.10. The number of rotatable bonds is 7. The van der Waals surface area contributed by atoms with Crippen molar-refractivity contribution in [1.82, 2.24) is 14.7 Å². The fraction of sp³-hybridized carbons (Fsp3) is 0.421. The molecule has 9 heteroatoms. The number of ether oxygens (including phenoxy) is 1. The van der Waals surface area contributed by atoms with Crippen molar-refractivity contribution in [2.75, 3.05) is 13.7 Å². The summed E-state index contributed by atoms with van der Waals surface area (Å²) in [4.78, 5) is 28.6. The zero-order chi connectivity index (χ0) is 20.4. The van der Waals surface area contributed by atoms with Crippen molar-refractivity contribution < 1.29 is 14.3 Å². The molecule has 0 N–H and O–H groups in total. The van der Waals surface area contributed by atoms with Gasteiger partial charge < -0.3 is 9.64 Å². The van der Waals surface area contributed by atoms with Crippen molar-refractivity contribution in [1.29, 1.82) is 0 Å². The first-order valence-corrected chi connectivity index (χ1v) is 10.9. The van der Waals surface area contributed by atoms with Crippen LogP contribution in [0.25, 0.3) is 10.2 Å². The van der Waals surface area contributed by atoms with E-state index in [9.17, 15) is 9.59 Å². The van der Waals surface area contributed by atoms with E-state index < -0.39 is 5.97 Å². The van der Waals surface area contributed by atoms with E-state index in [1.165, 1.54) is 27.6 Å². The number of carbonyl (C=O) groups is 2. The van der Waals surface area contributed by atoms with Crippen LogP contribution in [0.5, 0.6) is 0 Å². The standard InChI is InChI=1S/C19H22ClN3O3S2/c1-11(2)8-23-18-14(12(3)21-23)7-15(28-18)19(25)26-10-17(24)22(4)9-13-5-6-16(20)27-13/h5-7,11H,8-10H2,1-4H3. The van der Waals surface area contributed by atoms with Gasteiger partial charge in [0.25, 0.3) is 5.91 Å². The minimum atomic E-state index is -0.488. The van der Waals surface area contributed by atoms with Crippen LogP contribution in [0.3, 0.4) is 0 Å². The van der Waals surface area contributed by atoms with Crippen LogP contribution in [0.15, 0.2) is 18.2 Å². The molecule has 28 heavy (non-hydrogen) atoms. The molecule has 0 aromatic carbocycles. The lowest BCUT2D eigenvalue weighted by molar-refractivity contribution is -0.133. The molecule has 0 bridgehead atoms. The fourth-order valence-electron chi connectivity index (χ4n) is 2.75. The Bertz CT molecular complexity index is 1010. The fourth-order valence-corrected chi connectivity index (χ4v) is 4.96. The smallest absolute Gasteiger partial charge is 0.348 e. The summed E-state index contributed by atoms with van der Waals surface area (Å²) < 4.78 is 7.85. The number of amides is 1. The van der Waals surface area contributed by atoms with Gasteiger partial charge in [0, 0.05) is 23.9 Å². The van der Waals surface area contributed by atoms with Gasteiger partial charge in [-0.2, -0.15) is 5.10 Å². The molecule has 1 amide bonds. The average Bonchev–Trinajstić information content (AvgIpc) is 3.30. The van der Waals surface area contributed by atoms with Gasteiger partial charge in [0.1, 0.15) is 9.71 Å². The molecule has 3 aromatic heterocycles. The van der Waals surface area contributed by atoms with Gasteiger partial charge in [-0.1, -0.05) is 25.4 Å². The molecule has 0 fully saturated rings. The lowest BCUT2D eigenvalue weighted by Gasteiger charge is -2.15. The highest BCUT2D eigenvalue weighted by Gasteiger charge is 2.19. The second-order valence-corrected chi connectivity index (χ2v) is 9.85. The minimum Gasteiger partial charge on any atom is -0.451 e. The maximum atomic E-state index is 12.4. The first-order valence-electron chi connectivity index (χ1n) is 8.87. The number of thiophene rings is 2. The van der Waals surface area contributed by atoms with Crippen LogP contribution in [0, 0.1) is 12.8 Å². The number of halogens is 1. The Morgan fingerprint density at radius 1 is 1.32 bits per heavy atom. The van der Waals surface area contributed by atoms with Crippen LogP contribution in [-0.2, 0) is 22.6 Å². The molecule has 3 heterocycles. The molecular formula is C19H22ClN3O3S2. The number of aromatic nitrogens is 2. The number of likely N-dealkylation sites (N-methyl/N-ethyl adjacent to an activating group) is 1. The van der Waals surface area contributed by atoms with E-state index in [0.717, 1.165) is 27.3 Å². The zero-order valence-corrected chi connectivity index (χ0v) is 18.6. The van der Waals surface area contributed by atoms with Crippen LogP contribution < -0.4 is 0 Å². The summed E-state index contributed by atoms with van der Waals surface area (Å²) in [6.07, 6.45) is 0. The lowest BCUT2D eigenvalue weighted by atomic mass is 10.2. The molecule has 0 atom stereocenters. The summed E-state index contributed by atoms with van der Waals surface area (Å²) >= 11 is 8.68. The largest absolute Gasteiger partial charge is 0.451 e. The summed E-state index contributed by atoms with van der Waals surface area (Å²) in [6, 6.07) is 5.47. The van der Waals surface area contributed by atoms with Crippen molar-refractivity contribution in [3.05, 3.63) is 38.0 Å². The third-order valence-corrected chi connectivity index (χ3v) is 6.47. The predicted octanol–water partition coefficient (Wildman–Crippen LogP) is 4.59. The Morgan fingerprint density at radius 3 is 2.71 bits per heavy atom. The van der Waals surface area contributed by atoms with E-state index in [0.29, 0.717) is 21.7 Å². The molecular weight excluding hydrogens is 418 g/mol. The van der Waals surface area contributed by atoms with Gasteiger partial charge in [0.2, 0.25) is 0 Å². The summed E-state index contributed by atoms with van der Waals surface area (Å²) in [5.41, 5.74) is 0.886. The minimum absolute atomic E-state index is 0.263. The monoisotopic (exact) mass is 439 g/mol. The van der Waals surface area contributed by atoms with Gasteiger partial charge >= 0.3 is 5.97 Å². The van der Waals surface area contributed by atoms with E-state index in [4.69, 9.17) is 16.3 Å². The van der Waals surface area contributed by atoms with E-state index in [1.807, 2.05) is 17.7 Å². The Balaban J connectivity index is 1.62. The molecule has 3 rings (SSSR count). The summed E-state index contributed by atoms with van der Waals surface area (Å²) in [7, 11) is 1.67. The number of nitrogens with zero attached hydrogens (tertiary/aromatic N) is 3. The molecule has 0 aliphatic carbocycles. The Morgan fingerprint density at radius 2 is 2.07 bits per heavy atom. The quantitative estimate of drug-likeness (QED) is 0.505. The van der Waals surface area contributed by atoms with Crippen molar-refractivity contribution >= 4 is 56.4 Å². The first kappa shape index (κ1) is 20.8.